The first-order chi connectivity index (χ1) is 9.20. The van der Waals surface area contributed by atoms with Gasteiger partial charge in [-0.3, -0.25) is 0 Å². The van der Waals surface area contributed by atoms with Crippen molar-refractivity contribution in [2.75, 3.05) is 6.54 Å². The summed E-state index contributed by atoms with van der Waals surface area (Å²) in [6.45, 7) is 5.30. The van der Waals surface area contributed by atoms with Gasteiger partial charge in [0.05, 0.1) is 6.10 Å². The van der Waals surface area contributed by atoms with Gasteiger partial charge in [-0.15, -0.1) is 0 Å². The lowest BCUT2D eigenvalue weighted by Crippen LogP contribution is -2.20. The lowest BCUT2D eigenvalue weighted by atomic mass is 9.98. The summed E-state index contributed by atoms with van der Waals surface area (Å²) in [5.74, 6) is 0.992. The molecule has 2 rings (SSSR count). The van der Waals surface area contributed by atoms with Crippen molar-refractivity contribution in [3.8, 4) is 5.75 Å². The van der Waals surface area contributed by atoms with E-state index in [1.807, 2.05) is 0 Å². The largest absolute Gasteiger partial charge is 0.490 e. The van der Waals surface area contributed by atoms with Crippen molar-refractivity contribution in [2.45, 2.75) is 58.1 Å². The van der Waals surface area contributed by atoms with Gasteiger partial charge < -0.3 is 10.1 Å². The lowest BCUT2D eigenvalue weighted by Gasteiger charge is -2.23. The van der Waals surface area contributed by atoms with Crippen molar-refractivity contribution in [1.82, 2.24) is 5.32 Å². The van der Waals surface area contributed by atoms with Gasteiger partial charge in [-0.1, -0.05) is 35.3 Å². The Kier molecular flexibility index (Phi) is 5.71. The molecule has 0 heterocycles. The van der Waals surface area contributed by atoms with Gasteiger partial charge in [-0.05, 0) is 56.8 Å². The van der Waals surface area contributed by atoms with E-state index in [0.29, 0.717) is 12.1 Å². The predicted octanol–water partition coefficient (Wildman–Crippen LogP) is 4.83. The Morgan fingerprint density at radius 2 is 2.05 bits per heavy atom. The van der Waals surface area contributed by atoms with Gasteiger partial charge in [0.1, 0.15) is 5.75 Å². The number of halogens is 1. The van der Waals surface area contributed by atoms with Gasteiger partial charge >= 0.3 is 0 Å². The Morgan fingerprint density at radius 3 is 2.68 bits per heavy atom. The molecule has 0 saturated heterocycles. The molecule has 106 valence electrons. The van der Waals surface area contributed by atoms with Crippen molar-refractivity contribution in [3.05, 3.63) is 28.2 Å². The summed E-state index contributed by atoms with van der Waals surface area (Å²) in [4.78, 5) is 0. The summed E-state index contributed by atoms with van der Waals surface area (Å²) < 4.78 is 7.21. The lowest BCUT2D eigenvalue weighted by molar-refractivity contribution is 0.155. The number of nitrogens with one attached hydrogen (secondary N) is 1. The van der Waals surface area contributed by atoms with Gasteiger partial charge in [0.15, 0.2) is 0 Å². The van der Waals surface area contributed by atoms with Crippen LogP contribution in [0.2, 0.25) is 0 Å². The highest BCUT2D eigenvalue weighted by molar-refractivity contribution is 9.10. The maximum atomic E-state index is 6.08. The fraction of sp³-hybridized carbons (Fsp3) is 0.625. The van der Waals surface area contributed by atoms with E-state index in [4.69, 9.17) is 4.74 Å². The standard InChI is InChI=1S/C16H24BrNO/c1-3-18-12(2)15-10-9-14(11-16(15)17)19-13-7-5-4-6-8-13/h9-13,18H,3-8H2,1-2H3. The molecule has 0 bridgehead atoms. The highest BCUT2D eigenvalue weighted by Crippen LogP contribution is 2.30. The fourth-order valence-corrected chi connectivity index (χ4v) is 3.43. The van der Waals surface area contributed by atoms with Crippen LogP contribution in [-0.4, -0.2) is 12.6 Å². The zero-order valence-corrected chi connectivity index (χ0v) is 13.5. The molecular formula is C16H24BrNO. The third-order valence-corrected chi connectivity index (χ3v) is 4.49. The van der Waals surface area contributed by atoms with E-state index >= 15 is 0 Å². The summed E-state index contributed by atoms with van der Waals surface area (Å²) in [5.41, 5.74) is 1.29. The molecule has 1 N–H and O–H groups in total. The molecule has 2 nitrogen and oxygen atoms in total. The van der Waals surface area contributed by atoms with E-state index in [0.717, 1.165) is 16.8 Å². The van der Waals surface area contributed by atoms with E-state index in [1.165, 1.54) is 37.7 Å². The topological polar surface area (TPSA) is 21.3 Å². The van der Waals surface area contributed by atoms with Crippen molar-refractivity contribution >= 4 is 15.9 Å². The van der Waals surface area contributed by atoms with Gasteiger partial charge in [-0.25, -0.2) is 0 Å². The SMILES string of the molecule is CCNC(C)c1ccc(OC2CCCCC2)cc1Br. The second-order valence-electron chi connectivity index (χ2n) is 5.34. The molecule has 0 aliphatic heterocycles. The zero-order valence-electron chi connectivity index (χ0n) is 11.9. The van der Waals surface area contributed by atoms with Crippen LogP contribution in [0.5, 0.6) is 5.75 Å². The van der Waals surface area contributed by atoms with Crippen LogP contribution in [-0.2, 0) is 0 Å². The summed E-state index contributed by atoms with van der Waals surface area (Å²) >= 11 is 3.66. The van der Waals surface area contributed by atoms with E-state index < -0.39 is 0 Å². The third-order valence-electron chi connectivity index (χ3n) is 3.80. The molecule has 1 saturated carbocycles. The molecule has 1 fully saturated rings. The first-order valence-electron chi connectivity index (χ1n) is 7.40. The van der Waals surface area contributed by atoms with Crippen LogP contribution < -0.4 is 10.1 Å². The smallest absolute Gasteiger partial charge is 0.120 e. The number of hydrogen-bond donors (Lipinski definition) is 1. The van der Waals surface area contributed by atoms with Crippen LogP contribution in [0, 0.1) is 0 Å². The maximum Gasteiger partial charge on any atom is 0.120 e. The van der Waals surface area contributed by atoms with E-state index in [2.05, 4.69) is 53.3 Å². The molecular weight excluding hydrogens is 302 g/mol. The molecule has 3 heteroatoms. The minimum absolute atomic E-state index is 0.364. The van der Waals surface area contributed by atoms with Gasteiger partial charge in [0.25, 0.3) is 0 Å². The number of hydrogen-bond acceptors (Lipinski definition) is 2. The van der Waals surface area contributed by atoms with Crippen LogP contribution in [0.3, 0.4) is 0 Å². The monoisotopic (exact) mass is 325 g/mol. The molecule has 1 aromatic rings. The van der Waals surface area contributed by atoms with E-state index in [-0.39, 0.29) is 0 Å². The minimum Gasteiger partial charge on any atom is -0.490 e. The number of benzene rings is 1. The van der Waals surface area contributed by atoms with Crippen molar-refractivity contribution in [1.29, 1.82) is 0 Å². The molecule has 1 aliphatic rings. The van der Waals surface area contributed by atoms with Crippen LogP contribution in [0.25, 0.3) is 0 Å². The second-order valence-corrected chi connectivity index (χ2v) is 6.19. The quantitative estimate of drug-likeness (QED) is 0.837. The molecule has 19 heavy (non-hydrogen) atoms. The molecule has 0 radical (unpaired) electrons. The van der Waals surface area contributed by atoms with Crippen LogP contribution in [0.1, 0.15) is 57.6 Å². The number of rotatable bonds is 5. The fourth-order valence-electron chi connectivity index (χ4n) is 2.72. The molecule has 1 aliphatic carbocycles. The molecule has 0 spiro atoms. The van der Waals surface area contributed by atoms with Crippen molar-refractivity contribution < 1.29 is 4.74 Å². The highest BCUT2D eigenvalue weighted by Gasteiger charge is 2.16. The number of ether oxygens (including phenoxy) is 1. The van der Waals surface area contributed by atoms with Crippen LogP contribution in [0.15, 0.2) is 22.7 Å². The van der Waals surface area contributed by atoms with Gasteiger partial charge in [-0.2, -0.15) is 0 Å². The summed E-state index contributed by atoms with van der Waals surface area (Å²) in [7, 11) is 0. The maximum absolute atomic E-state index is 6.08. The molecule has 1 aromatic carbocycles. The predicted molar refractivity (Wildman–Crippen MR) is 83.7 cm³/mol. The van der Waals surface area contributed by atoms with Crippen molar-refractivity contribution in [2.24, 2.45) is 0 Å². The average Bonchev–Trinajstić information content (AvgIpc) is 2.40. The second kappa shape index (κ2) is 7.30. The van der Waals surface area contributed by atoms with E-state index in [1.54, 1.807) is 0 Å². The van der Waals surface area contributed by atoms with Gasteiger partial charge in [0.2, 0.25) is 0 Å². The Hall–Kier alpha value is -0.540. The summed E-state index contributed by atoms with van der Waals surface area (Å²) in [6, 6.07) is 6.73. The molecule has 1 atom stereocenters. The molecule has 0 amide bonds. The third kappa shape index (κ3) is 4.22. The Balaban J connectivity index is 2.01. The average molecular weight is 326 g/mol. The van der Waals surface area contributed by atoms with Crippen LogP contribution in [0.4, 0.5) is 0 Å². The first-order valence-corrected chi connectivity index (χ1v) is 8.19. The Bertz CT molecular complexity index is 402. The Labute approximate surface area is 125 Å². The Morgan fingerprint density at radius 1 is 1.32 bits per heavy atom. The summed E-state index contributed by atoms with van der Waals surface area (Å²) in [5, 5.41) is 3.43. The molecule has 1 unspecified atom stereocenters. The highest BCUT2D eigenvalue weighted by atomic mass is 79.9. The van der Waals surface area contributed by atoms with Gasteiger partial charge in [0, 0.05) is 10.5 Å². The van der Waals surface area contributed by atoms with E-state index in [9.17, 15) is 0 Å². The zero-order chi connectivity index (χ0) is 13.7. The summed E-state index contributed by atoms with van der Waals surface area (Å²) in [6.07, 6.45) is 6.80. The van der Waals surface area contributed by atoms with Crippen LogP contribution >= 0.6 is 15.9 Å². The van der Waals surface area contributed by atoms with Crippen molar-refractivity contribution in [3.63, 3.8) is 0 Å². The minimum atomic E-state index is 0.364. The normalized spacial score (nSPS) is 18.3. The first kappa shape index (κ1) is 14.9. The molecule has 0 aromatic heterocycles.